The molecule has 38 heavy (non-hydrogen) atoms. The summed E-state index contributed by atoms with van der Waals surface area (Å²) >= 11 is 0. The van der Waals surface area contributed by atoms with Gasteiger partial charge in [-0.25, -0.2) is 0 Å². The Labute approximate surface area is 231 Å². The molecule has 0 aliphatic carbocycles. The number of carbonyl (C=O) groups excluding carboxylic acids is 2. The predicted octanol–water partition coefficient (Wildman–Crippen LogP) is 8.36. The Balaban J connectivity index is 1.62. The summed E-state index contributed by atoms with van der Waals surface area (Å²) in [5.74, 6) is -0.940. The summed E-state index contributed by atoms with van der Waals surface area (Å²) in [6.07, 6.45) is 25.2. The molecule has 1 aromatic heterocycles. The summed E-state index contributed by atoms with van der Waals surface area (Å²) in [5, 5.41) is 10.6. The van der Waals surface area contributed by atoms with Crippen molar-refractivity contribution in [2.24, 2.45) is 0 Å². The summed E-state index contributed by atoms with van der Waals surface area (Å²) in [4.78, 5) is 23.6. The van der Waals surface area contributed by atoms with Gasteiger partial charge in [0.1, 0.15) is 0 Å². The molecule has 0 aliphatic rings. The van der Waals surface area contributed by atoms with Crippen LogP contribution in [0.1, 0.15) is 142 Å². The lowest BCUT2D eigenvalue weighted by molar-refractivity contribution is -0.297. The molecule has 0 saturated carbocycles. The highest BCUT2D eigenvalue weighted by Gasteiger charge is 2.16. The van der Waals surface area contributed by atoms with Crippen molar-refractivity contribution in [2.75, 3.05) is 0 Å². The molecular weight excluding hydrogens is 470 g/mol. The molecule has 1 heterocycles. The number of aliphatic carboxylic acids is 1. The van der Waals surface area contributed by atoms with Crippen molar-refractivity contribution < 1.29 is 14.7 Å². The molecule has 1 aromatic carbocycles. The average Bonchev–Trinajstić information content (AvgIpc) is 3.18. The summed E-state index contributed by atoms with van der Waals surface area (Å²) in [5.41, 5.74) is 4.87. The van der Waals surface area contributed by atoms with Gasteiger partial charge in [-0.05, 0) is 43.0 Å². The summed E-state index contributed by atoms with van der Waals surface area (Å²) in [7, 11) is 0. The fourth-order valence-corrected chi connectivity index (χ4v) is 5.29. The van der Waals surface area contributed by atoms with Crippen LogP contribution < -0.4 is 5.11 Å². The van der Waals surface area contributed by atoms with Gasteiger partial charge in [0.2, 0.25) is 0 Å². The Morgan fingerprint density at radius 2 is 1.26 bits per heavy atom. The normalized spacial score (nSPS) is 11.4. The highest BCUT2D eigenvalue weighted by atomic mass is 16.4. The molecule has 0 fully saturated rings. The minimum absolute atomic E-state index is 0.260. The van der Waals surface area contributed by atoms with Gasteiger partial charge in [0.15, 0.2) is 5.78 Å². The van der Waals surface area contributed by atoms with E-state index in [1.54, 1.807) is 0 Å². The maximum absolute atomic E-state index is 13.0. The number of carboxylic acid groups (broad SMARTS) is 1. The highest BCUT2D eigenvalue weighted by molar-refractivity contribution is 5.98. The van der Waals surface area contributed by atoms with Gasteiger partial charge in [-0.2, -0.15) is 0 Å². The zero-order valence-electron chi connectivity index (χ0n) is 24.2. The topological polar surface area (TPSA) is 62.1 Å². The highest BCUT2D eigenvalue weighted by Crippen LogP contribution is 2.22. The molecule has 0 bridgehead atoms. The van der Waals surface area contributed by atoms with Crippen LogP contribution in [0.25, 0.3) is 6.08 Å². The second kappa shape index (κ2) is 18.6. The van der Waals surface area contributed by atoms with E-state index in [9.17, 15) is 14.7 Å². The number of benzene rings is 1. The van der Waals surface area contributed by atoms with Crippen molar-refractivity contribution in [3.63, 3.8) is 0 Å². The molecule has 2 aromatic rings. The molecule has 0 N–H and O–H groups in total. The Kier molecular flexibility index (Phi) is 15.5. The number of unbranched alkanes of at least 4 members (excludes halogenated alkanes) is 14. The number of Topliss-reactive ketones (excluding diaryl/α,β-unsaturated/α-hetero) is 1. The SMILES string of the molecule is CCCCCCCCCCCCCCCCCC(=O)c1c(C)cn(Cc2ccc(/C=C/C(=O)[O-])cc2)c1C. The molecule has 4 nitrogen and oxygen atoms in total. The number of ketones is 1. The molecule has 210 valence electrons. The minimum Gasteiger partial charge on any atom is -0.545 e. The van der Waals surface area contributed by atoms with E-state index in [0.29, 0.717) is 13.0 Å². The van der Waals surface area contributed by atoms with E-state index in [4.69, 9.17) is 0 Å². The van der Waals surface area contributed by atoms with Crippen molar-refractivity contribution in [1.82, 2.24) is 4.57 Å². The molecule has 0 unspecified atom stereocenters. The number of aromatic nitrogens is 1. The molecule has 0 atom stereocenters. The van der Waals surface area contributed by atoms with Gasteiger partial charge in [0.05, 0.1) is 5.97 Å². The molecular formula is C34H50NO3-. The maximum Gasteiger partial charge on any atom is 0.164 e. The second-order valence-electron chi connectivity index (χ2n) is 10.9. The average molecular weight is 521 g/mol. The zero-order valence-corrected chi connectivity index (χ0v) is 24.2. The Hall–Kier alpha value is -2.62. The van der Waals surface area contributed by atoms with E-state index >= 15 is 0 Å². The van der Waals surface area contributed by atoms with E-state index in [1.165, 1.54) is 89.5 Å². The smallest absolute Gasteiger partial charge is 0.164 e. The number of carboxylic acids is 1. The molecule has 2 rings (SSSR count). The van der Waals surface area contributed by atoms with Crippen molar-refractivity contribution in [3.8, 4) is 0 Å². The Morgan fingerprint density at radius 3 is 1.76 bits per heavy atom. The molecule has 0 aliphatic heterocycles. The van der Waals surface area contributed by atoms with Gasteiger partial charge in [0.25, 0.3) is 0 Å². The van der Waals surface area contributed by atoms with Crippen LogP contribution in [-0.2, 0) is 11.3 Å². The third-order valence-corrected chi connectivity index (χ3v) is 7.57. The van der Waals surface area contributed by atoms with Crippen LogP contribution in [0.4, 0.5) is 0 Å². The number of hydrogen-bond acceptors (Lipinski definition) is 3. The van der Waals surface area contributed by atoms with E-state index in [1.807, 2.05) is 38.1 Å². The lowest BCUT2D eigenvalue weighted by Crippen LogP contribution is -2.18. The Morgan fingerprint density at radius 1 is 0.763 bits per heavy atom. The number of hydrogen-bond donors (Lipinski definition) is 0. The molecule has 0 amide bonds. The van der Waals surface area contributed by atoms with Crippen molar-refractivity contribution in [3.05, 3.63) is 64.5 Å². The third-order valence-electron chi connectivity index (χ3n) is 7.57. The van der Waals surface area contributed by atoms with Crippen LogP contribution in [-0.4, -0.2) is 16.3 Å². The van der Waals surface area contributed by atoms with Gasteiger partial charge < -0.3 is 14.5 Å². The minimum atomic E-state index is -1.20. The number of nitrogens with zero attached hydrogens (tertiary/aromatic N) is 1. The van der Waals surface area contributed by atoms with Crippen LogP contribution in [0.5, 0.6) is 0 Å². The molecule has 4 heteroatoms. The summed E-state index contributed by atoms with van der Waals surface area (Å²) in [6, 6.07) is 7.76. The van der Waals surface area contributed by atoms with E-state index in [-0.39, 0.29) is 5.78 Å². The van der Waals surface area contributed by atoms with Gasteiger partial charge in [0, 0.05) is 30.4 Å². The van der Waals surface area contributed by atoms with Crippen LogP contribution in [0.15, 0.2) is 36.5 Å². The van der Waals surface area contributed by atoms with E-state index in [2.05, 4.69) is 17.7 Å². The van der Waals surface area contributed by atoms with Gasteiger partial charge in [-0.15, -0.1) is 0 Å². The van der Waals surface area contributed by atoms with Crippen LogP contribution in [0.3, 0.4) is 0 Å². The summed E-state index contributed by atoms with van der Waals surface area (Å²) < 4.78 is 2.14. The number of rotatable bonds is 21. The third kappa shape index (κ3) is 12.3. The van der Waals surface area contributed by atoms with Crippen molar-refractivity contribution in [2.45, 2.75) is 130 Å². The van der Waals surface area contributed by atoms with Crippen molar-refractivity contribution in [1.29, 1.82) is 0 Å². The predicted molar refractivity (Wildman–Crippen MR) is 157 cm³/mol. The summed E-state index contributed by atoms with van der Waals surface area (Å²) in [6.45, 7) is 7.02. The first kappa shape index (κ1) is 31.6. The quantitative estimate of drug-likeness (QED) is 0.0943. The van der Waals surface area contributed by atoms with Crippen LogP contribution >= 0.6 is 0 Å². The first-order chi connectivity index (χ1) is 18.4. The van der Waals surface area contributed by atoms with Crippen LogP contribution in [0.2, 0.25) is 0 Å². The van der Waals surface area contributed by atoms with E-state index in [0.717, 1.165) is 46.9 Å². The first-order valence-corrected chi connectivity index (χ1v) is 15.1. The van der Waals surface area contributed by atoms with Crippen LogP contribution in [0, 0.1) is 13.8 Å². The fourth-order valence-electron chi connectivity index (χ4n) is 5.29. The molecule has 0 saturated heterocycles. The fraction of sp³-hybridized carbons (Fsp3) is 0.588. The number of aryl methyl sites for hydroxylation is 1. The first-order valence-electron chi connectivity index (χ1n) is 15.1. The lowest BCUT2D eigenvalue weighted by atomic mass is 10.0. The van der Waals surface area contributed by atoms with Gasteiger partial charge >= 0.3 is 0 Å². The molecule has 0 spiro atoms. The molecule has 0 radical (unpaired) electrons. The number of carbonyl (C=O) groups is 2. The van der Waals surface area contributed by atoms with Gasteiger partial charge in [-0.3, -0.25) is 4.79 Å². The standard InChI is InChI=1S/C34H51NO3/c1-4-5-6-7-8-9-10-11-12-13-14-15-16-17-18-19-32(36)34-28(2)26-35(29(34)3)27-31-22-20-30(21-23-31)24-25-33(37)38/h20-26H,4-19,27H2,1-3H3,(H,37,38)/p-1/b25-24+. The lowest BCUT2D eigenvalue weighted by Gasteiger charge is -2.08. The Bertz CT molecular complexity index is 984. The van der Waals surface area contributed by atoms with E-state index < -0.39 is 5.97 Å². The maximum atomic E-state index is 13.0. The second-order valence-corrected chi connectivity index (χ2v) is 10.9. The monoisotopic (exact) mass is 520 g/mol. The zero-order chi connectivity index (χ0) is 27.6. The largest absolute Gasteiger partial charge is 0.545 e. The van der Waals surface area contributed by atoms with Crippen molar-refractivity contribution >= 4 is 17.8 Å². The van der Waals surface area contributed by atoms with Gasteiger partial charge in [-0.1, -0.05) is 127 Å².